The number of nitrogens with zero attached hydrogens (tertiary/aromatic N) is 2. The summed E-state index contributed by atoms with van der Waals surface area (Å²) in [6.07, 6.45) is 7.13. The summed E-state index contributed by atoms with van der Waals surface area (Å²) in [6.45, 7) is 22.8. The van der Waals surface area contributed by atoms with E-state index in [4.69, 9.17) is 9.47 Å². The standard InChI is InChI=1S/C25H52BrN3O3Si2/c1-11-12-13-14-28(20-31-15-17-33(5,6)7)25(30)29(21-32-16-18-34(8,9)10)23(22(2)3)19-24(26)27-4/h12-13,19,22-23,27H,11,14-18,20-21H2,1-10H3/b13-12-,24-19?. The minimum absolute atomic E-state index is 0.0619. The molecule has 200 valence electrons. The van der Waals surface area contributed by atoms with E-state index in [9.17, 15) is 4.79 Å². The SMILES string of the molecule is CC/C=C\CN(COCC[Si](C)(C)C)C(=O)N(COCC[Si](C)(C)C)C(C=C(Br)NC)C(C)C. The van der Waals surface area contributed by atoms with Gasteiger partial charge in [-0.15, -0.1) is 0 Å². The third-order valence-electron chi connectivity index (χ3n) is 5.31. The van der Waals surface area contributed by atoms with E-state index in [0.717, 1.165) is 23.1 Å². The number of hydrogen-bond acceptors (Lipinski definition) is 4. The maximum Gasteiger partial charge on any atom is 0.324 e. The Hall–Kier alpha value is -0.616. The highest BCUT2D eigenvalue weighted by atomic mass is 79.9. The molecule has 1 atom stereocenters. The zero-order chi connectivity index (χ0) is 26.4. The highest BCUT2D eigenvalue weighted by Gasteiger charge is 2.29. The molecule has 9 heteroatoms. The molecule has 0 aromatic rings. The Morgan fingerprint density at radius 2 is 1.50 bits per heavy atom. The van der Waals surface area contributed by atoms with Gasteiger partial charge in [-0.05, 0) is 46.4 Å². The summed E-state index contributed by atoms with van der Waals surface area (Å²) in [5.74, 6) is 0.214. The molecule has 0 aromatic carbocycles. The van der Waals surface area contributed by atoms with Gasteiger partial charge in [0, 0.05) is 43.0 Å². The molecule has 0 aliphatic rings. The molecule has 0 aromatic heterocycles. The van der Waals surface area contributed by atoms with Gasteiger partial charge >= 0.3 is 6.03 Å². The average Bonchev–Trinajstić information content (AvgIpc) is 2.72. The second-order valence-electron chi connectivity index (χ2n) is 11.5. The maximum atomic E-state index is 13.8. The van der Waals surface area contributed by atoms with Crippen LogP contribution in [0.15, 0.2) is 22.8 Å². The summed E-state index contributed by atoms with van der Waals surface area (Å²) in [6, 6.07) is 1.96. The molecule has 0 saturated heterocycles. The Morgan fingerprint density at radius 1 is 0.971 bits per heavy atom. The number of hydrogen-bond donors (Lipinski definition) is 1. The van der Waals surface area contributed by atoms with Crippen LogP contribution in [0.3, 0.4) is 0 Å². The Bertz CT molecular complexity index is 632. The van der Waals surface area contributed by atoms with Crippen LogP contribution >= 0.6 is 15.9 Å². The summed E-state index contributed by atoms with van der Waals surface area (Å²) in [4.78, 5) is 17.5. The van der Waals surface area contributed by atoms with Crippen molar-refractivity contribution in [1.29, 1.82) is 0 Å². The number of carbonyl (C=O) groups is 1. The minimum atomic E-state index is -1.21. The lowest BCUT2D eigenvalue weighted by Crippen LogP contribution is -2.51. The maximum absolute atomic E-state index is 13.8. The third-order valence-corrected chi connectivity index (χ3v) is 9.38. The largest absolute Gasteiger partial charge is 0.383 e. The van der Waals surface area contributed by atoms with Gasteiger partial charge in [0.25, 0.3) is 0 Å². The molecular formula is C25H52BrN3O3Si2. The van der Waals surface area contributed by atoms with Crippen LogP contribution in [-0.4, -0.2) is 78.3 Å². The van der Waals surface area contributed by atoms with Crippen molar-refractivity contribution >= 4 is 38.1 Å². The van der Waals surface area contributed by atoms with Crippen molar-refractivity contribution in [1.82, 2.24) is 15.1 Å². The molecule has 1 N–H and O–H groups in total. The molecule has 0 fully saturated rings. The molecule has 6 nitrogen and oxygen atoms in total. The van der Waals surface area contributed by atoms with Crippen LogP contribution in [0, 0.1) is 5.92 Å². The lowest BCUT2D eigenvalue weighted by Gasteiger charge is -2.36. The zero-order valence-corrected chi connectivity index (χ0v) is 27.1. The molecule has 0 aliphatic heterocycles. The number of halogens is 1. The van der Waals surface area contributed by atoms with E-state index in [-0.39, 0.29) is 31.5 Å². The van der Waals surface area contributed by atoms with Gasteiger partial charge in [-0.3, -0.25) is 9.80 Å². The monoisotopic (exact) mass is 577 g/mol. The zero-order valence-electron chi connectivity index (χ0n) is 23.5. The van der Waals surface area contributed by atoms with Gasteiger partial charge in [-0.25, -0.2) is 4.79 Å². The molecule has 0 radical (unpaired) electrons. The Morgan fingerprint density at radius 3 is 1.94 bits per heavy atom. The number of amides is 2. The lowest BCUT2D eigenvalue weighted by molar-refractivity contribution is 0.00240. The van der Waals surface area contributed by atoms with E-state index in [1.807, 2.05) is 18.0 Å². The number of nitrogens with one attached hydrogen (secondary N) is 1. The molecule has 0 rings (SSSR count). The quantitative estimate of drug-likeness (QED) is 0.0680. The molecule has 0 saturated carbocycles. The normalized spacial score (nSPS) is 14.1. The van der Waals surface area contributed by atoms with E-state index >= 15 is 0 Å². The first-order valence-corrected chi connectivity index (χ1v) is 20.8. The fraction of sp³-hybridized carbons (Fsp3) is 0.800. The molecule has 1 unspecified atom stereocenters. The Labute approximate surface area is 220 Å². The van der Waals surface area contributed by atoms with Crippen molar-refractivity contribution in [2.75, 3.05) is 40.3 Å². The highest BCUT2D eigenvalue weighted by Crippen LogP contribution is 2.19. The molecular weight excluding hydrogens is 526 g/mol. The van der Waals surface area contributed by atoms with Gasteiger partial charge in [-0.2, -0.15) is 0 Å². The molecule has 34 heavy (non-hydrogen) atoms. The number of carbonyl (C=O) groups excluding carboxylic acids is 1. The average molecular weight is 579 g/mol. The van der Waals surface area contributed by atoms with Gasteiger partial charge < -0.3 is 14.8 Å². The van der Waals surface area contributed by atoms with Gasteiger partial charge in [0.1, 0.15) is 13.5 Å². The second-order valence-corrected chi connectivity index (χ2v) is 23.6. The predicted molar refractivity (Wildman–Crippen MR) is 156 cm³/mol. The first-order chi connectivity index (χ1) is 15.7. The Kier molecular flexibility index (Phi) is 16.6. The van der Waals surface area contributed by atoms with Crippen LogP contribution < -0.4 is 5.32 Å². The smallest absolute Gasteiger partial charge is 0.324 e. The van der Waals surface area contributed by atoms with Crippen LogP contribution in [0.4, 0.5) is 4.79 Å². The summed E-state index contributed by atoms with van der Waals surface area (Å²) in [7, 11) is -0.540. The second kappa shape index (κ2) is 16.9. The lowest BCUT2D eigenvalue weighted by atomic mass is 10.0. The van der Waals surface area contributed by atoms with Crippen molar-refractivity contribution in [3.05, 3.63) is 22.8 Å². The number of rotatable bonds is 17. The minimum Gasteiger partial charge on any atom is -0.383 e. The number of urea groups is 1. The summed E-state index contributed by atoms with van der Waals surface area (Å²) in [5.41, 5.74) is 0. The molecule has 0 heterocycles. The summed E-state index contributed by atoms with van der Waals surface area (Å²) in [5, 5.41) is 3.12. The van der Waals surface area contributed by atoms with Crippen LogP contribution in [-0.2, 0) is 9.47 Å². The van der Waals surface area contributed by atoms with E-state index < -0.39 is 16.1 Å². The molecule has 0 bridgehead atoms. The van der Waals surface area contributed by atoms with Crippen molar-refractivity contribution in [3.8, 4) is 0 Å². The third kappa shape index (κ3) is 16.1. The van der Waals surface area contributed by atoms with Crippen LogP contribution in [0.2, 0.25) is 51.4 Å². The predicted octanol–water partition coefficient (Wildman–Crippen LogP) is 6.78. The van der Waals surface area contributed by atoms with Crippen molar-refractivity contribution < 1.29 is 14.3 Å². The highest BCUT2D eigenvalue weighted by molar-refractivity contribution is 9.11. The van der Waals surface area contributed by atoms with Gasteiger partial charge in [0.15, 0.2) is 0 Å². The fourth-order valence-corrected chi connectivity index (χ4v) is 4.76. The first kappa shape index (κ1) is 33.4. The Balaban J connectivity index is 5.71. The van der Waals surface area contributed by atoms with Gasteiger partial charge in [0.05, 0.1) is 10.6 Å². The van der Waals surface area contributed by atoms with Crippen molar-refractivity contribution in [3.63, 3.8) is 0 Å². The summed E-state index contributed by atoms with van der Waals surface area (Å²) >= 11 is 3.56. The van der Waals surface area contributed by atoms with E-state index in [1.54, 1.807) is 4.90 Å². The van der Waals surface area contributed by atoms with Crippen molar-refractivity contribution in [2.24, 2.45) is 5.92 Å². The summed E-state index contributed by atoms with van der Waals surface area (Å²) < 4.78 is 12.9. The number of allylic oxidation sites excluding steroid dienone is 1. The molecule has 0 aliphatic carbocycles. The fourth-order valence-electron chi connectivity index (χ4n) is 2.97. The van der Waals surface area contributed by atoms with E-state index in [1.165, 1.54) is 0 Å². The van der Waals surface area contributed by atoms with Gasteiger partial charge in [-0.1, -0.05) is 72.2 Å². The topological polar surface area (TPSA) is 54.0 Å². The molecule has 2 amide bonds. The van der Waals surface area contributed by atoms with E-state index in [0.29, 0.717) is 19.8 Å². The van der Waals surface area contributed by atoms with Crippen LogP contribution in [0.5, 0.6) is 0 Å². The van der Waals surface area contributed by atoms with Gasteiger partial charge in [0.2, 0.25) is 0 Å². The first-order valence-electron chi connectivity index (χ1n) is 12.6. The molecule has 0 spiro atoms. The van der Waals surface area contributed by atoms with E-state index in [2.05, 4.69) is 93.5 Å². The van der Waals surface area contributed by atoms with Crippen LogP contribution in [0.1, 0.15) is 27.2 Å². The number of ether oxygens (including phenoxy) is 2. The van der Waals surface area contributed by atoms with Crippen molar-refractivity contribution in [2.45, 2.75) is 84.6 Å². The van der Waals surface area contributed by atoms with Crippen LogP contribution in [0.25, 0.3) is 0 Å².